The number of nitrogens with one attached hydrogen (secondary N) is 1. The molecule has 2 rings (SSSR count). The number of sulfonamides is 1. The molecule has 0 spiro atoms. The predicted molar refractivity (Wildman–Crippen MR) is 78.3 cm³/mol. The Kier molecular flexibility index (Phi) is 5.40. The van der Waals surface area contributed by atoms with Crippen LogP contribution in [0.5, 0.6) is 0 Å². The summed E-state index contributed by atoms with van der Waals surface area (Å²) in [5.74, 6) is 0. The van der Waals surface area contributed by atoms with Gasteiger partial charge in [0.2, 0.25) is 10.0 Å². The van der Waals surface area contributed by atoms with E-state index >= 15 is 0 Å². The van der Waals surface area contributed by atoms with Crippen LogP contribution in [0.25, 0.3) is 0 Å². The molecule has 1 unspecified atom stereocenters. The Balaban J connectivity index is 2.24. The van der Waals surface area contributed by atoms with E-state index in [2.05, 4.69) is 5.32 Å². The normalized spacial score (nSPS) is 19.6. The highest BCUT2D eigenvalue weighted by Crippen LogP contribution is 2.24. The van der Waals surface area contributed by atoms with Crippen LogP contribution in [0.4, 0.5) is 0 Å². The maximum Gasteiger partial charge on any atom is 0.244 e. The zero-order chi connectivity index (χ0) is 14.6. The molecule has 1 aliphatic heterocycles. The first-order chi connectivity index (χ1) is 9.55. The Morgan fingerprint density at radius 3 is 2.75 bits per heavy atom. The molecule has 0 saturated carbocycles. The minimum Gasteiger partial charge on any atom is -0.395 e. The largest absolute Gasteiger partial charge is 0.395 e. The highest BCUT2D eigenvalue weighted by Gasteiger charge is 2.29. The summed E-state index contributed by atoms with van der Waals surface area (Å²) in [4.78, 5) is 0.0908. The molecule has 1 aromatic carbocycles. The van der Waals surface area contributed by atoms with Crippen molar-refractivity contribution in [2.24, 2.45) is 0 Å². The van der Waals surface area contributed by atoms with E-state index in [-0.39, 0.29) is 29.1 Å². The molecule has 0 amide bonds. The van der Waals surface area contributed by atoms with Crippen LogP contribution in [-0.2, 0) is 10.0 Å². The number of halogens is 1. The minimum absolute atomic E-state index is 0.0751. The standard InChI is InChI=1S/C13H19ClN2O3S/c14-12-5-1-2-6-13(12)20(18,19)16(8-9-17)10-11-4-3-7-15-11/h1-2,5-6,11,15,17H,3-4,7-10H2. The smallest absolute Gasteiger partial charge is 0.244 e. The van der Waals surface area contributed by atoms with Crippen LogP contribution in [0.2, 0.25) is 5.02 Å². The third kappa shape index (κ3) is 3.51. The van der Waals surface area contributed by atoms with Gasteiger partial charge in [0, 0.05) is 19.1 Å². The molecule has 0 aliphatic carbocycles. The summed E-state index contributed by atoms with van der Waals surface area (Å²) in [6.07, 6.45) is 1.99. The highest BCUT2D eigenvalue weighted by atomic mass is 35.5. The summed E-state index contributed by atoms with van der Waals surface area (Å²) in [5, 5.41) is 12.6. The zero-order valence-corrected chi connectivity index (χ0v) is 12.7. The number of hydrogen-bond acceptors (Lipinski definition) is 4. The molecule has 2 N–H and O–H groups in total. The fourth-order valence-electron chi connectivity index (χ4n) is 2.37. The lowest BCUT2D eigenvalue weighted by molar-refractivity contribution is 0.246. The zero-order valence-electron chi connectivity index (χ0n) is 11.1. The first-order valence-electron chi connectivity index (χ1n) is 6.64. The molecule has 1 aliphatic rings. The van der Waals surface area contributed by atoms with Crippen molar-refractivity contribution in [3.8, 4) is 0 Å². The topological polar surface area (TPSA) is 69.6 Å². The van der Waals surface area contributed by atoms with Crippen LogP contribution in [0.1, 0.15) is 12.8 Å². The van der Waals surface area contributed by atoms with E-state index < -0.39 is 10.0 Å². The third-order valence-electron chi connectivity index (χ3n) is 3.39. The Morgan fingerprint density at radius 2 is 2.15 bits per heavy atom. The van der Waals surface area contributed by atoms with E-state index in [1.165, 1.54) is 10.4 Å². The first kappa shape index (κ1) is 15.7. The average Bonchev–Trinajstić information content (AvgIpc) is 2.91. The molecule has 1 aromatic rings. The predicted octanol–water partition coefficient (Wildman–Crippen LogP) is 1.07. The minimum atomic E-state index is -3.68. The Hall–Kier alpha value is -0.660. The van der Waals surface area contributed by atoms with Crippen LogP contribution in [0.3, 0.4) is 0 Å². The molecule has 20 heavy (non-hydrogen) atoms. The van der Waals surface area contributed by atoms with Crippen LogP contribution < -0.4 is 5.32 Å². The second-order valence-corrected chi connectivity index (χ2v) is 7.12. The average molecular weight is 319 g/mol. The fourth-order valence-corrected chi connectivity index (χ4v) is 4.34. The maximum atomic E-state index is 12.6. The molecule has 1 heterocycles. The molecule has 112 valence electrons. The number of aliphatic hydroxyl groups is 1. The molecular weight excluding hydrogens is 300 g/mol. The van der Waals surface area contributed by atoms with E-state index in [0.717, 1.165) is 19.4 Å². The lowest BCUT2D eigenvalue weighted by Crippen LogP contribution is -2.42. The third-order valence-corrected chi connectivity index (χ3v) is 5.76. The van der Waals surface area contributed by atoms with Crippen LogP contribution in [0.15, 0.2) is 29.2 Å². The van der Waals surface area contributed by atoms with Gasteiger partial charge in [0.05, 0.1) is 11.6 Å². The van der Waals surface area contributed by atoms with Gasteiger partial charge in [-0.1, -0.05) is 23.7 Å². The summed E-state index contributed by atoms with van der Waals surface area (Å²) in [6.45, 7) is 1.13. The van der Waals surface area contributed by atoms with Gasteiger partial charge in [-0.2, -0.15) is 4.31 Å². The molecule has 1 saturated heterocycles. The molecule has 0 bridgehead atoms. The Bertz CT molecular complexity index is 544. The van der Waals surface area contributed by atoms with Gasteiger partial charge in [-0.3, -0.25) is 0 Å². The van der Waals surface area contributed by atoms with Crippen molar-refractivity contribution in [2.45, 2.75) is 23.8 Å². The SMILES string of the molecule is O=S(=O)(c1ccccc1Cl)N(CCO)CC1CCCN1. The summed E-state index contributed by atoms with van der Waals surface area (Å²) < 4.78 is 26.6. The van der Waals surface area contributed by atoms with Crippen LogP contribution >= 0.6 is 11.6 Å². The van der Waals surface area contributed by atoms with E-state index in [9.17, 15) is 8.42 Å². The van der Waals surface area contributed by atoms with Crippen LogP contribution in [-0.4, -0.2) is 50.1 Å². The van der Waals surface area contributed by atoms with Gasteiger partial charge in [-0.15, -0.1) is 0 Å². The van der Waals surface area contributed by atoms with Gasteiger partial charge >= 0.3 is 0 Å². The summed E-state index contributed by atoms with van der Waals surface area (Å²) in [7, 11) is -3.68. The van der Waals surface area contributed by atoms with Crippen molar-refractivity contribution in [2.75, 3.05) is 26.2 Å². The quantitative estimate of drug-likeness (QED) is 0.823. The van der Waals surface area contributed by atoms with E-state index in [1.54, 1.807) is 18.2 Å². The number of hydrogen-bond donors (Lipinski definition) is 2. The lowest BCUT2D eigenvalue weighted by Gasteiger charge is -2.25. The molecule has 1 atom stereocenters. The van der Waals surface area contributed by atoms with Crippen molar-refractivity contribution < 1.29 is 13.5 Å². The first-order valence-corrected chi connectivity index (χ1v) is 8.46. The molecule has 1 fully saturated rings. The Morgan fingerprint density at radius 1 is 1.40 bits per heavy atom. The molecule has 5 nitrogen and oxygen atoms in total. The molecule has 7 heteroatoms. The van der Waals surface area contributed by atoms with Crippen molar-refractivity contribution >= 4 is 21.6 Å². The van der Waals surface area contributed by atoms with Gasteiger partial charge in [0.25, 0.3) is 0 Å². The van der Waals surface area contributed by atoms with Crippen molar-refractivity contribution in [3.05, 3.63) is 29.3 Å². The van der Waals surface area contributed by atoms with E-state index in [4.69, 9.17) is 16.7 Å². The molecule has 0 aromatic heterocycles. The summed E-state index contributed by atoms with van der Waals surface area (Å²) in [6, 6.07) is 6.52. The van der Waals surface area contributed by atoms with Gasteiger partial charge in [-0.25, -0.2) is 8.42 Å². The molecule has 0 radical (unpaired) electrons. The number of nitrogens with zero attached hydrogens (tertiary/aromatic N) is 1. The second-order valence-electron chi connectivity index (χ2n) is 4.81. The second kappa shape index (κ2) is 6.87. The van der Waals surface area contributed by atoms with Gasteiger partial charge < -0.3 is 10.4 Å². The Labute approximate surface area is 124 Å². The van der Waals surface area contributed by atoms with Crippen LogP contribution in [0, 0.1) is 0 Å². The fraction of sp³-hybridized carbons (Fsp3) is 0.538. The van der Waals surface area contributed by atoms with Crippen molar-refractivity contribution in [1.29, 1.82) is 0 Å². The number of benzene rings is 1. The summed E-state index contributed by atoms with van der Waals surface area (Å²) >= 11 is 5.99. The monoisotopic (exact) mass is 318 g/mol. The summed E-state index contributed by atoms with van der Waals surface area (Å²) in [5.41, 5.74) is 0. The van der Waals surface area contributed by atoms with Crippen molar-refractivity contribution in [3.63, 3.8) is 0 Å². The molecular formula is C13H19ClN2O3S. The maximum absolute atomic E-state index is 12.6. The number of rotatable bonds is 6. The van der Waals surface area contributed by atoms with E-state index in [1.807, 2.05) is 0 Å². The highest BCUT2D eigenvalue weighted by molar-refractivity contribution is 7.89. The van der Waals surface area contributed by atoms with Gasteiger partial charge in [0.15, 0.2) is 0 Å². The van der Waals surface area contributed by atoms with E-state index in [0.29, 0.717) is 6.54 Å². The van der Waals surface area contributed by atoms with Crippen molar-refractivity contribution in [1.82, 2.24) is 9.62 Å². The number of aliphatic hydroxyl groups excluding tert-OH is 1. The van der Waals surface area contributed by atoms with Gasteiger partial charge in [0.1, 0.15) is 4.90 Å². The van der Waals surface area contributed by atoms with Gasteiger partial charge in [-0.05, 0) is 31.5 Å². The lowest BCUT2D eigenvalue weighted by atomic mass is 10.2.